The number of halogens is 1. The van der Waals surface area contributed by atoms with Crippen LogP contribution in [0.25, 0.3) is 0 Å². The van der Waals surface area contributed by atoms with Crippen molar-refractivity contribution < 1.29 is 13.5 Å². The van der Waals surface area contributed by atoms with Crippen molar-refractivity contribution in [2.24, 2.45) is 0 Å². The first-order chi connectivity index (χ1) is 9.49. The second-order valence-electron chi connectivity index (χ2n) is 4.49. The van der Waals surface area contributed by atoms with Gasteiger partial charge < -0.3 is 5.11 Å². The first-order valence-electron chi connectivity index (χ1n) is 6.20. The summed E-state index contributed by atoms with van der Waals surface area (Å²) in [4.78, 5) is 0.224. The van der Waals surface area contributed by atoms with E-state index in [1.165, 1.54) is 12.1 Å². The Labute approximate surface area is 123 Å². The van der Waals surface area contributed by atoms with Crippen LogP contribution in [0.2, 0.25) is 5.02 Å². The molecule has 0 spiro atoms. The lowest BCUT2D eigenvalue weighted by Crippen LogP contribution is -2.10. The highest BCUT2D eigenvalue weighted by molar-refractivity contribution is 7.91. The molecule has 0 bridgehead atoms. The van der Waals surface area contributed by atoms with Gasteiger partial charge in [0.15, 0.2) is 9.84 Å². The molecule has 0 aliphatic rings. The molecule has 20 heavy (non-hydrogen) atoms. The number of aliphatic hydroxyl groups excluding tert-OH is 1. The van der Waals surface area contributed by atoms with E-state index in [4.69, 9.17) is 11.6 Å². The quantitative estimate of drug-likeness (QED) is 0.922. The van der Waals surface area contributed by atoms with E-state index in [0.717, 1.165) is 5.56 Å². The van der Waals surface area contributed by atoms with Gasteiger partial charge in [-0.2, -0.15) is 0 Å². The van der Waals surface area contributed by atoms with E-state index in [1.54, 1.807) is 24.3 Å². The van der Waals surface area contributed by atoms with Crippen LogP contribution in [0.15, 0.2) is 59.5 Å². The smallest absolute Gasteiger partial charge is 0.178 e. The Bertz CT molecular complexity index is 651. The molecule has 1 atom stereocenters. The number of aliphatic hydroxyl groups is 1. The van der Waals surface area contributed by atoms with E-state index in [1.807, 2.05) is 18.2 Å². The number of sulfone groups is 1. The van der Waals surface area contributed by atoms with Gasteiger partial charge in [-0.25, -0.2) is 8.42 Å². The minimum atomic E-state index is -3.40. The second kappa shape index (κ2) is 6.39. The van der Waals surface area contributed by atoms with Crippen molar-refractivity contribution in [2.45, 2.75) is 17.4 Å². The predicted octanol–water partition coefficient (Wildman–Crippen LogP) is 3.24. The molecule has 2 aromatic rings. The highest BCUT2D eigenvalue weighted by atomic mass is 35.5. The summed E-state index contributed by atoms with van der Waals surface area (Å²) in [5.41, 5.74) is 0.721. The van der Waals surface area contributed by atoms with Crippen LogP contribution in [0, 0.1) is 0 Å². The van der Waals surface area contributed by atoms with Crippen molar-refractivity contribution in [3.63, 3.8) is 0 Å². The third-order valence-electron chi connectivity index (χ3n) is 3.02. The molecular formula is C15H15ClO3S. The van der Waals surface area contributed by atoms with Gasteiger partial charge in [-0.1, -0.05) is 41.9 Å². The van der Waals surface area contributed by atoms with Gasteiger partial charge in [0.2, 0.25) is 0 Å². The van der Waals surface area contributed by atoms with Gasteiger partial charge in [0, 0.05) is 5.02 Å². The van der Waals surface area contributed by atoms with E-state index in [2.05, 4.69) is 0 Å². The van der Waals surface area contributed by atoms with Crippen LogP contribution in [0.3, 0.4) is 0 Å². The largest absolute Gasteiger partial charge is 0.388 e. The van der Waals surface area contributed by atoms with Crippen molar-refractivity contribution in [1.29, 1.82) is 0 Å². The lowest BCUT2D eigenvalue weighted by molar-refractivity contribution is 0.174. The summed E-state index contributed by atoms with van der Waals surface area (Å²) in [5, 5.41) is 10.5. The molecule has 106 valence electrons. The Hall–Kier alpha value is -1.36. The molecule has 0 radical (unpaired) electrons. The zero-order chi connectivity index (χ0) is 14.6. The third-order valence-corrected chi connectivity index (χ3v) is 5.03. The Morgan fingerprint density at radius 1 is 1.00 bits per heavy atom. The SMILES string of the molecule is O=S(=O)(CCC(O)c1ccccc1)c1ccc(Cl)cc1. The summed E-state index contributed by atoms with van der Waals surface area (Å²) >= 11 is 5.73. The summed E-state index contributed by atoms with van der Waals surface area (Å²) in [6.45, 7) is 0. The molecule has 0 fully saturated rings. The van der Waals surface area contributed by atoms with Crippen LogP contribution in [-0.4, -0.2) is 19.3 Å². The fraction of sp³-hybridized carbons (Fsp3) is 0.200. The van der Waals surface area contributed by atoms with Crippen molar-refractivity contribution in [2.75, 3.05) is 5.75 Å². The Morgan fingerprint density at radius 2 is 1.60 bits per heavy atom. The van der Waals surface area contributed by atoms with Crippen LogP contribution in [0.4, 0.5) is 0 Å². The fourth-order valence-corrected chi connectivity index (χ4v) is 3.31. The molecular weight excluding hydrogens is 296 g/mol. The van der Waals surface area contributed by atoms with Crippen LogP contribution < -0.4 is 0 Å². The molecule has 0 saturated carbocycles. The van der Waals surface area contributed by atoms with Crippen LogP contribution in [0.1, 0.15) is 18.1 Å². The van der Waals surface area contributed by atoms with E-state index < -0.39 is 15.9 Å². The predicted molar refractivity (Wildman–Crippen MR) is 79.5 cm³/mol. The highest BCUT2D eigenvalue weighted by Crippen LogP contribution is 2.21. The Balaban J connectivity index is 2.04. The van der Waals surface area contributed by atoms with Gasteiger partial charge in [0.05, 0.1) is 16.8 Å². The molecule has 0 aromatic heterocycles. The zero-order valence-electron chi connectivity index (χ0n) is 10.7. The molecule has 0 heterocycles. The molecule has 0 aliphatic heterocycles. The number of hydrogen-bond donors (Lipinski definition) is 1. The van der Waals surface area contributed by atoms with Gasteiger partial charge >= 0.3 is 0 Å². The maximum absolute atomic E-state index is 12.1. The summed E-state index contributed by atoms with van der Waals surface area (Å²) in [5.74, 6) is -0.106. The van der Waals surface area contributed by atoms with Crippen LogP contribution in [0.5, 0.6) is 0 Å². The lowest BCUT2D eigenvalue weighted by atomic mass is 10.1. The summed E-state index contributed by atoms with van der Waals surface area (Å²) < 4.78 is 24.3. The molecule has 5 heteroatoms. The van der Waals surface area contributed by atoms with Crippen molar-refractivity contribution >= 4 is 21.4 Å². The molecule has 0 aliphatic carbocycles. The Morgan fingerprint density at radius 3 is 2.20 bits per heavy atom. The van der Waals surface area contributed by atoms with Crippen LogP contribution in [-0.2, 0) is 9.84 Å². The van der Waals surface area contributed by atoms with E-state index >= 15 is 0 Å². The highest BCUT2D eigenvalue weighted by Gasteiger charge is 2.17. The molecule has 2 rings (SSSR count). The van der Waals surface area contributed by atoms with Crippen LogP contribution >= 0.6 is 11.6 Å². The zero-order valence-corrected chi connectivity index (χ0v) is 12.3. The Kier molecular flexibility index (Phi) is 4.81. The molecule has 0 saturated heterocycles. The first kappa shape index (κ1) is 15.0. The minimum absolute atomic E-state index is 0.106. The van der Waals surface area contributed by atoms with Gasteiger partial charge in [-0.05, 0) is 36.2 Å². The van der Waals surface area contributed by atoms with Gasteiger partial charge in [0.1, 0.15) is 0 Å². The number of benzene rings is 2. The average Bonchev–Trinajstić information content (AvgIpc) is 2.46. The van der Waals surface area contributed by atoms with E-state index in [9.17, 15) is 13.5 Å². The second-order valence-corrected chi connectivity index (χ2v) is 7.03. The topological polar surface area (TPSA) is 54.4 Å². The molecule has 1 unspecified atom stereocenters. The van der Waals surface area contributed by atoms with Gasteiger partial charge in [-0.3, -0.25) is 0 Å². The maximum Gasteiger partial charge on any atom is 0.178 e. The molecule has 2 aromatic carbocycles. The molecule has 1 N–H and O–H groups in total. The summed E-state index contributed by atoms with van der Waals surface area (Å²) in [6, 6.07) is 15.1. The normalized spacial score (nSPS) is 13.1. The van der Waals surface area contributed by atoms with E-state index in [-0.39, 0.29) is 17.1 Å². The first-order valence-corrected chi connectivity index (χ1v) is 8.23. The van der Waals surface area contributed by atoms with Crippen molar-refractivity contribution in [1.82, 2.24) is 0 Å². The minimum Gasteiger partial charge on any atom is -0.388 e. The monoisotopic (exact) mass is 310 g/mol. The standard InChI is InChI=1S/C15H15ClO3S/c16-13-6-8-14(9-7-13)20(18,19)11-10-15(17)12-4-2-1-3-5-12/h1-9,15,17H,10-11H2. The van der Waals surface area contributed by atoms with Gasteiger partial charge in [-0.15, -0.1) is 0 Å². The lowest BCUT2D eigenvalue weighted by Gasteiger charge is -2.11. The average molecular weight is 311 g/mol. The third kappa shape index (κ3) is 3.82. The summed E-state index contributed by atoms with van der Waals surface area (Å²) in [7, 11) is -3.40. The fourth-order valence-electron chi connectivity index (χ4n) is 1.87. The number of rotatable bonds is 5. The van der Waals surface area contributed by atoms with E-state index in [0.29, 0.717) is 5.02 Å². The maximum atomic E-state index is 12.1. The van der Waals surface area contributed by atoms with Crippen molar-refractivity contribution in [3.05, 3.63) is 65.2 Å². The van der Waals surface area contributed by atoms with Crippen molar-refractivity contribution in [3.8, 4) is 0 Å². The van der Waals surface area contributed by atoms with Gasteiger partial charge in [0.25, 0.3) is 0 Å². The molecule has 0 amide bonds. The number of hydrogen-bond acceptors (Lipinski definition) is 3. The molecule has 3 nitrogen and oxygen atoms in total. The summed E-state index contributed by atoms with van der Waals surface area (Å²) in [6.07, 6.45) is -0.618.